The van der Waals surface area contributed by atoms with E-state index in [1.54, 1.807) is 63.2 Å². The zero-order chi connectivity index (χ0) is 29.6. The van der Waals surface area contributed by atoms with Crippen molar-refractivity contribution in [1.29, 1.82) is 0 Å². The third-order valence-electron chi connectivity index (χ3n) is 6.01. The molecule has 0 aromatic heterocycles. The number of amides is 2. The lowest BCUT2D eigenvalue weighted by Gasteiger charge is -2.33. The molecule has 40 heavy (non-hydrogen) atoms. The van der Waals surface area contributed by atoms with Crippen molar-refractivity contribution in [2.45, 2.75) is 44.3 Å². The fourth-order valence-electron chi connectivity index (χ4n) is 3.93. The molecule has 214 valence electrons. The first kappa shape index (κ1) is 31.5. The van der Waals surface area contributed by atoms with Gasteiger partial charge in [-0.1, -0.05) is 59.1 Å². The Morgan fingerprint density at radius 2 is 1.55 bits per heavy atom. The molecule has 0 heterocycles. The maximum Gasteiger partial charge on any atom is 0.264 e. The third-order valence-corrected chi connectivity index (χ3v) is 8.73. The molecule has 0 aliphatic rings. The molecule has 0 saturated heterocycles. The summed E-state index contributed by atoms with van der Waals surface area (Å²) in [4.78, 5) is 28.3. The normalized spacial score (nSPS) is 12.1. The van der Waals surface area contributed by atoms with Gasteiger partial charge in [0, 0.05) is 33.2 Å². The van der Waals surface area contributed by atoms with Gasteiger partial charge in [0.25, 0.3) is 10.0 Å². The van der Waals surface area contributed by atoms with Crippen molar-refractivity contribution in [1.82, 2.24) is 10.2 Å². The first-order chi connectivity index (χ1) is 18.9. The van der Waals surface area contributed by atoms with Crippen molar-refractivity contribution in [2.24, 2.45) is 0 Å². The molecule has 1 N–H and O–H groups in total. The van der Waals surface area contributed by atoms with Crippen LogP contribution in [0, 0.1) is 0 Å². The zero-order valence-corrected chi connectivity index (χ0v) is 25.5. The second kappa shape index (κ2) is 13.6. The van der Waals surface area contributed by atoms with Gasteiger partial charge >= 0.3 is 0 Å². The van der Waals surface area contributed by atoms with Crippen molar-refractivity contribution < 1.29 is 22.7 Å². The van der Waals surface area contributed by atoms with Gasteiger partial charge in [0.05, 0.1) is 17.7 Å². The molecule has 0 bridgehead atoms. The minimum absolute atomic E-state index is 0.0453. The molecule has 3 aromatic rings. The highest BCUT2D eigenvalue weighted by Gasteiger charge is 2.34. The second-order valence-corrected chi connectivity index (χ2v) is 12.3. The Morgan fingerprint density at radius 1 is 0.925 bits per heavy atom. The van der Waals surface area contributed by atoms with Gasteiger partial charge in [0.2, 0.25) is 11.8 Å². The number of carbonyl (C=O) groups excluding carboxylic acids is 2. The Morgan fingerprint density at radius 3 is 2.12 bits per heavy atom. The Kier molecular flexibility index (Phi) is 10.7. The number of nitrogens with one attached hydrogen (secondary N) is 1. The SMILES string of the molecule is COc1ccc(Cl)cc1N(CC(=O)N(Cc1c(Cl)cccc1Cl)[C@@H](C)C(=O)NC(C)C)S(=O)(=O)c1ccccc1. The van der Waals surface area contributed by atoms with E-state index < -0.39 is 34.4 Å². The Bertz CT molecular complexity index is 1450. The van der Waals surface area contributed by atoms with Crippen molar-refractivity contribution >= 4 is 62.3 Å². The largest absolute Gasteiger partial charge is 0.495 e. The first-order valence-electron chi connectivity index (χ1n) is 12.3. The maximum absolute atomic E-state index is 14.0. The number of methoxy groups -OCH3 is 1. The molecule has 0 aliphatic carbocycles. The number of anilines is 1. The zero-order valence-electron chi connectivity index (χ0n) is 22.4. The fourth-order valence-corrected chi connectivity index (χ4v) is 6.05. The molecule has 1 atom stereocenters. The average molecular weight is 627 g/mol. The number of carbonyl (C=O) groups is 2. The van der Waals surface area contributed by atoms with Crippen LogP contribution in [0.4, 0.5) is 5.69 Å². The van der Waals surface area contributed by atoms with Crippen molar-refractivity contribution in [3.05, 3.63) is 87.4 Å². The number of sulfonamides is 1. The van der Waals surface area contributed by atoms with E-state index in [1.807, 2.05) is 0 Å². The van der Waals surface area contributed by atoms with Crippen molar-refractivity contribution in [2.75, 3.05) is 18.0 Å². The summed E-state index contributed by atoms with van der Waals surface area (Å²) >= 11 is 19.0. The standard InChI is InChI=1S/C28H30Cl3N3O5S/c1-18(2)32-28(36)19(3)33(16-22-23(30)11-8-12-24(22)31)27(35)17-34(25-15-20(29)13-14-26(25)39-4)40(37,38)21-9-6-5-7-10-21/h5-15,18-19H,16-17H2,1-4H3,(H,32,36)/t19-/m0/s1. The van der Waals surface area contributed by atoms with Crippen molar-refractivity contribution in [3.8, 4) is 5.75 Å². The van der Waals surface area contributed by atoms with Crippen LogP contribution in [0.2, 0.25) is 15.1 Å². The maximum atomic E-state index is 14.0. The minimum Gasteiger partial charge on any atom is -0.495 e. The number of hydrogen-bond acceptors (Lipinski definition) is 5. The van der Waals surface area contributed by atoms with E-state index in [-0.39, 0.29) is 33.9 Å². The summed E-state index contributed by atoms with van der Waals surface area (Å²) in [5.74, 6) is -0.920. The highest BCUT2D eigenvalue weighted by molar-refractivity contribution is 7.92. The van der Waals surface area contributed by atoms with Crippen LogP contribution in [0.3, 0.4) is 0 Å². The van der Waals surface area contributed by atoms with Crippen LogP contribution in [-0.4, -0.2) is 50.9 Å². The second-order valence-electron chi connectivity index (χ2n) is 9.20. The van der Waals surface area contributed by atoms with E-state index in [4.69, 9.17) is 39.5 Å². The molecule has 0 spiro atoms. The van der Waals surface area contributed by atoms with Crippen LogP contribution < -0.4 is 14.4 Å². The van der Waals surface area contributed by atoms with E-state index in [1.165, 1.54) is 36.3 Å². The van der Waals surface area contributed by atoms with Gasteiger partial charge < -0.3 is 15.0 Å². The number of benzene rings is 3. The van der Waals surface area contributed by atoms with E-state index in [0.29, 0.717) is 15.6 Å². The average Bonchev–Trinajstić information content (AvgIpc) is 2.91. The third kappa shape index (κ3) is 7.40. The molecular formula is C28H30Cl3N3O5S. The van der Waals surface area contributed by atoms with Gasteiger partial charge in [-0.3, -0.25) is 13.9 Å². The molecule has 0 saturated carbocycles. The van der Waals surface area contributed by atoms with Crippen LogP contribution in [0.1, 0.15) is 26.3 Å². The quantitative estimate of drug-likeness (QED) is 0.291. The van der Waals surface area contributed by atoms with Crippen molar-refractivity contribution in [3.63, 3.8) is 0 Å². The fraction of sp³-hybridized carbons (Fsp3) is 0.286. The summed E-state index contributed by atoms with van der Waals surface area (Å²) in [6.07, 6.45) is 0. The predicted molar refractivity (Wildman–Crippen MR) is 159 cm³/mol. The number of hydrogen-bond donors (Lipinski definition) is 1. The predicted octanol–water partition coefficient (Wildman–Crippen LogP) is 5.79. The summed E-state index contributed by atoms with van der Waals surface area (Å²) < 4.78 is 34.2. The molecule has 3 rings (SSSR count). The lowest BCUT2D eigenvalue weighted by atomic mass is 10.1. The first-order valence-corrected chi connectivity index (χ1v) is 14.9. The van der Waals surface area contributed by atoms with Crippen LogP contribution >= 0.6 is 34.8 Å². The Labute approximate surface area is 249 Å². The van der Waals surface area contributed by atoms with E-state index in [0.717, 1.165) is 4.31 Å². The lowest BCUT2D eigenvalue weighted by Crippen LogP contribution is -2.52. The molecular weight excluding hydrogens is 597 g/mol. The highest BCUT2D eigenvalue weighted by atomic mass is 35.5. The monoisotopic (exact) mass is 625 g/mol. The summed E-state index contributed by atoms with van der Waals surface area (Å²) in [6, 6.07) is 15.8. The van der Waals surface area contributed by atoms with Crippen LogP contribution in [0.25, 0.3) is 0 Å². The number of halogens is 3. The van der Waals surface area contributed by atoms with Gasteiger partial charge in [-0.25, -0.2) is 8.42 Å². The Hall–Kier alpha value is -2.98. The van der Waals surface area contributed by atoms with Gasteiger partial charge in [-0.2, -0.15) is 0 Å². The number of rotatable bonds is 11. The number of nitrogens with zero attached hydrogens (tertiary/aromatic N) is 2. The van der Waals surface area contributed by atoms with Crippen LogP contribution in [-0.2, 0) is 26.2 Å². The molecule has 0 radical (unpaired) electrons. The summed E-state index contributed by atoms with van der Waals surface area (Å²) in [5, 5.41) is 3.62. The topological polar surface area (TPSA) is 96.0 Å². The highest BCUT2D eigenvalue weighted by Crippen LogP contribution is 2.35. The molecule has 12 heteroatoms. The molecule has 2 amide bonds. The van der Waals surface area contributed by atoms with Gasteiger partial charge in [0.1, 0.15) is 18.3 Å². The molecule has 0 unspecified atom stereocenters. The van der Waals surface area contributed by atoms with Gasteiger partial charge in [-0.05, 0) is 63.2 Å². The smallest absolute Gasteiger partial charge is 0.264 e. The summed E-state index contributed by atoms with van der Waals surface area (Å²) in [6.45, 7) is 4.32. The molecule has 0 aliphatic heterocycles. The Balaban J connectivity index is 2.13. The van der Waals surface area contributed by atoms with E-state index >= 15 is 0 Å². The number of ether oxygens (including phenoxy) is 1. The van der Waals surface area contributed by atoms with Crippen LogP contribution in [0.15, 0.2) is 71.6 Å². The summed E-state index contributed by atoms with van der Waals surface area (Å²) in [7, 11) is -2.91. The van der Waals surface area contributed by atoms with Gasteiger partial charge in [0.15, 0.2) is 0 Å². The molecule has 8 nitrogen and oxygen atoms in total. The van der Waals surface area contributed by atoms with Gasteiger partial charge in [-0.15, -0.1) is 0 Å². The molecule has 3 aromatic carbocycles. The summed E-state index contributed by atoms with van der Waals surface area (Å²) in [5.41, 5.74) is 0.475. The minimum atomic E-state index is -4.29. The van der Waals surface area contributed by atoms with Crippen LogP contribution in [0.5, 0.6) is 5.75 Å². The lowest BCUT2D eigenvalue weighted by molar-refractivity contribution is -0.139. The van der Waals surface area contributed by atoms with E-state index in [9.17, 15) is 18.0 Å². The van der Waals surface area contributed by atoms with E-state index in [2.05, 4.69) is 5.32 Å². The molecule has 0 fully saturated rings.